The summed E-state index contributed by atoms with van der Waals surface area (Å²) in [6.45, 7) is 7.73. The average molecular weight is 1140 g/mol. The molecule has 4 heterocycles. The lowest BCUT2D eigenvalue weighted by Crippen LogP contribution is -2.43. The number of rotatable bonds is 24. The van der Waals surface area contributed by atoms with Crippen LogP contribution in [0.2, 0.25) is 0 Å². The summed E-state index contributed by atoms with van der Waals surface area (Å²) in [6, 6.07) is 26.1. The van der Waals surface area contributed by atoms with Crippen LogP contribution >= 0.6 is 21.8 Å². The molecule has 0 aliphatic carbocycles. The molecule has 9 rings (SSSR count). The molecular weight excluding hydrogens is 1070 g/mol. The summed E-state index contributed by atoms with van der Waals surface area (Å²) in [4.78, 5) is 87.9. The van der Waals surface area contributed by atoms with E-state index in [1.54, 1.807) is 47.5 Å². The summed E-state index contributed by atoms with van der Waals surface area (Å²) in [6.07, 6.45) is 7.35. The number of carbonyl (C=O) groups is 6. The third-order valence-electron chi connectivity index (χ3n) is 14.8. The number of hydrogen-bond acceptors (Lipinski definition) is 15. The Morgan fingerprint density at radius 2 is 1.40 bits per heavy atom. The van der Waals surface area contributed by atoms with Crippen molar-refractivity contribution in [1.29, 1.82) is 0 Å². The fraction of sp³-hybridized carbons (Fsp3) is 0.383. The number of ether oxygens (including phenoxy) is 4. The number of benzene rings is 5. The van der Waals surface area contributed by atoms with Crippen LogP contribution in [0.3, 0.4) is 0 Å². The number of anilines is 4. The van der Waals surface area contributed by atoms with Crippen LogP contribution in [0.25, 0.3) is 0 Å². The normalized spacial score (nSPS) is 16.0. The van der Waals surface area contributed by atoms with Gasteiger partial charge in [-0.2, -0.15) is 0 Å². The maximum absolute atomic E-state index is 14.4. The van der Waals surface area contributed by atoms with Gasteiger partial charge in [0.1, 0.15) is 13.2 Å². The highest BCUT2D eigenvalue weighted by molar-refractivity contribution is 8.76. The Hall–Kier alpha value is -7.75. The predicted octanol–water partition coefficient (Wildman–Crippen LogP) is 8.54. The molecule has 3 atom stereocenters. The van der Waals surface area contributed by atoms with E-state index in [1.807, 2.05) is 49.1 Å². The minimum absolute atomic E-state index is 0.0118. The Balaban J connectivity index is 0.893. The van der Waals surface area contributed by atoms with Gasteiger partial charge in [-0.1, -0.05) is 67.8 Å². The number of para-hydroxylation sites is 1. The Labute approximate surface area is 479 Å². The Bertz CT molecular complexity index is 3260. The van der Waals surface area contributed by atoms with Gasteiger partial charge < -0.3 is 50.4 Å². The van der Waals surface area contributed by atoms with E-state index in [0.29, 0.717) is 87.6 Å². The van der Waals surface area contributed by atoms with E-state index in [0.717, 1.165) is 47.2 Å². The number of methoxy groups -OCH3 is 2. The zero-order valence-corrected chi connectivity index (χ0v) is 48.0. The standard InChI is InChI=1S/C60H69N9O10S2/c1-7-8-11-35(2)38-14-15-49-40(21-38)23-43-29-63-47-27-53(51(77-6)25-45(47)59(75)69(43)49)79-34-37-18-36(19-41(20-37)67-57(73)32-66-56(72)31-65-55(71)30-64-54(70)16-17-60(3,4)80-81-61)33-78-52-26-46-44(24-50(52)76-5)58(74)68-42(28-62-46)22-39-12-9-10-13-48(39)68/h9-10,12-15,18-21,24-28,35,42-43,63H,7-8,11,16-17,22-23,29-34,61H2,1-6H3,(H,64,70)(H,65,71)(H,66,72)(H,67,73)/t35-,42-,43-/m0/s1. The highest BCUT2D eigenvalue weighted by Crippen LogP contribution is 2.44. The second-order valence-corrected chi connectivity index (χ2v) is 23.7. The van der Waals surface area contributed by atoms with Gasteiger partial charge in [-0.3, -0.25) is 43.8 Å². The lowest BCUT2D eigenvalue weighted by Gasteiger charge is -2.23. The van der Waals surface area contributed by atoms with E-state index in [-0.39, 0.29) is 60.7 Å². The molecule has 6 amide bonds. The molecule has 0 unspecified atom stereocenters. The summed E-state index contributed by atoms with van der Waals surface area (Å²) in [5.74, 6) is -0.585. The zero-order chi connectivity index (χ0) is 57.4. The van der Waals surface area contributed by atoms with Crippen molar-refractivity contribution in [3.8, 4) is 23.0 Å². The first-order valence-electron chi connectivity index (χ1n) is 27.2. The molecule has 0 spiro atoms. The van der Waals surface area contributed by atoms with Crippen molar-refractivity contribution in [3.63, 3.8) is 0 Å². The van der Waals surface area contributed by atoms with E-state index in [2.05, 4.69) is 58.6 Å². The Kier molecular flexibility index (Phi) is 18.4. The van der Waals surface area contributed by atoms with Gasteiger partial charge >= 0.3 is 0 Å². The number of aliphatic imine (C=N–C) groups is 1. The lowest BCUT2D eigenvalue weighted by atomic mass is 9.93. The largest absolute Gasteiger partial charge is 0.493 e. The maximum Gasteiger partial charge on any atom is 0.261 e. The molecular formula is C60H69N9O10S2. The topological polar surface area (TPSA) is 244 Å². The van der Waals surface area contributed by atoms with Gasteiger partial charge in [-0.15, -0.1) is 0 Å². The van der Waals surface area contributed by atoms with E-state index >= 15 is 0 Å². The molecule has 426 valence electrons. The van der Waals surface area contributed by atoms with Gasteiger partial charge in [-0.05, 0) is 120 Å². The first-order chi connectivity index (χ1) is 39.0. The first kappa shape index (κ1) is 57.9. The minimum Gasteiger partial charge on any atom is -0.493 e. The van der Waals surface area contributed by atoms with Crippen LogP contribution in [-0.4, -0.2) is 98.9 Å². The highest BCUT2D eigenvalue weighted by Gasteiger charge is 2.39. The fourth-order valence-electron chi connectivity index (χ4n) is 10.5. The molecule has 4 aliphatic heterocycles. The third-order valence-corrected chi connectivity index (χ3v) is 17.2. The second kappa shape index (κ2) is 25.8. The Morgan fingerprint density at radius 3 is 2.09 bits per heavy atom. The van der Waals surface area contributed by atoms with E-state index in [4.69, 9.17) is 29.1 Å². The SMILES string of the molecule is CCCC[C@H](C)c1ccc2c(c1)C[C@H]1CNc3cc(OCc4cc(COc5cc6c(cc5OC)C(=O)N5c7ccccc7C[C@H]5C=N6)cc(NC(=O)CNC(=O)CNC(=O)CNC(=O)CCC(C)(C)SSN)c4)c(OC)cc3C(=O)N21. The van der Waals surface area contributed by atoms with Crippen LogP contribution in [0, 0.1) is 0 Å². The summed E-state index contributed by atoms with van der Waals surface area (Å²) in [7, 11) is 5.60. The van der Waals surface area contributed by atoms with Crippen molar-refractivity contribution in [2.75, 3.05) is 60.8 Å². The number of fused-ring (bicyclic) bond motifs is 8. The number of nitrogens with one attached hydrogen (secondary N) is 5. The van der Waals surface area contributed by atoms with E-state index in [9.17, 15) is 28.8 Å². The van der Waals surface area contributed by atoms with Crippen molar-refractivity contribution in [2.45, 2.75) is 109 Å². The average Bonchev–Trinajstić information content (AvgIpc) is 3.95. The number of nitrogens with two attached hydrogens (primary N) is 1. The number of hydrogen-bond donors (Lipinski definition) is 6. The molecule has 19 nitrogen and oxygen atoms in total. The fourth-order valence-corrected chi connectivity index (χ4v) is 12.0. The quantitative estimate of drug-likeness (QED) is 0.0251. The van der Waals surface area contributed by atoms with Crippen LogP contribution in [0.1, 0.15) is 114 Å². The third kappa shape index (κ3) is 13.7. The summed E-state index contributed by atoms with van der Waals surface area (Å²) in [5, 5.41) is 19.4. The zero-order valence-electron chi connectivity index (χ0n) is 46.4. The van der Waals surface area contributed by atoms with E-state index in [1.165, 1.54) is 42.6 Å². The number of amides is 6. The summed E-state index contributed by atoms with van der Waals surface area (Å²) in [5.41, 5.74) is 8.75. The molecule has 5 aromatic carbocycles. The number of unbranched alkanes of at least 4 members (excludes halogenated alkanes) is 1. The molecule has 0 fully saturated rings. The van der Waals surface area contributed by atoms with Crippen LogP contribution in [-0.2, 0) is 45.2 Å². The molecule has 21 heteroatoms. The molecule has 5 aromatic rings. The van der Waals surface area contributed by atoms with Crippen molar-refractivity contribution in [3.05, 3.63) is 124 Å². The lowest BCUT2D eigenvalue weighted by molar-refractivity contribution is -0.128. The van der Waals surface area contributed by atoms with Gasteiger partial charge in [0.15, 0.2) is 23.0 Å². The van der Waals surface area contributed by atoms with Gasteiger partial charge in [-0.25, -0.2) is 0 Å². The van der Waals surface area contributed by atoms with Gasteiger partial charge in [0.05, 0.1) is 68.4 Å². The molecule has 0 bridgehead atoms. The molecule has 0 saturated heterocycles. The monoisotopic (exact) mass is 1140 g/mol. The van der Waals surface area contributed by atoms with Gasteiger partial charge in [0, 0.05) is 59.5 Å². The second-order valence-electron chi connectivity index (χ2n) is 21.2. The molecule has 7 N–H and O–H groups in total. The molecule has 0 aromatic heterocycles. The van der Waals surface area contributed by atoms with Crippen LogP contribution in [0.5, 0.6) is 23.0 Å². The number of nitrogens with zero attached hydrogens (tertiary/aromatic N) is 3. The highest BCUT2D eigenvalue weighted by atomic mass is 33.1. The summed E-state index contributed by atoms with van der Waals surface area (Å²) < 4.78 is 24.3. The molecule has 0 saturated carbocycles. The Morgan fingerprint density at radius 1 is 0.753 bits per heavy atom. The predicted molar refractivity (Wildman–Crippen MR) is 318 cm³/mol. The van der Waals surface area contributed by atoms with Crippen molar-refractivity contribution >= 4 is 91.9 Å². The molecule has 81 heavy (non-hydrogen) atoms. The van der Waals surface area contributed by atoms with Crippen molar-refractivity contribution in [1.82, 2.24) is 16.0 Å². The first-order valence-corrected chi connectivity index (χ1v) is 29.4. The van der Waals surface area contributed by atoms with Gasteiger partial charge in [0.25, 0.3) is 11.8 Å². The van der Waals surface area contributed by atoms with Crippen LogP contribution in [0.15, 0.2) is 89.9 Å². The molecule has 0 radical (unpaired) electrons. The smallest absolute Gasteiger partial charge is 0.261 e. The van der Waals surface area contributed by atoms with Crippen LogP contribution in [0.4, 0.5) is 28.4 Å². The molecule has 4 aliphatic rings. The van der Waals surface area contributed by atoms with Crippen LogP contribution < -0.4 is 60.5 Å². The van der Waals surface area contributed by atoms with E-state index < -0.39 is 30.8 Å². The number of carbonyl (C=O) groups excluding carboxylic acids is 6. The van der Waals surface area contributed by atoms with Gasteiger partial charge in [0.2, 0.25) is 23.6 Å². The summed E-state index contributed by atoms with van der Waals surface area (Å²) >= 11 is 0. The van der Waals surface area contributed by atoms with Crippen molar-refractivity contribution in [2.24, 2.45) is 10.1 Å². The minimum atomic E-state index is -0.623. The van der Waals surface area contributed by atoms with Crippen molar-refractivity contribution < 1.29 is 47.7 Å². The maximum atomic E-state index is 14.4.